The van der Waals surface area contributed by atoms with Crippen molar-refractivity contribution in [3.05, 3.63) is 0 Å². The third kappa shape index (κ3) is 3.49. The molecule has 0 aliphatic heterocycles. The van der Waals surface area contributed by atoms with Crippen molar-refractivity contribution in [2.24, 2.45) is 51.8 Å². The Labute approximate surface area is 204 Å². The van der Waals surface area contributed by atoms with Gasteiger partial charge in [-0.05, 0) is 83.0 Å². The van der Waals surface area contributed by atoms with Gasteiger partial charge >= 0.3 is 17.9 Å². The van der Waals surface area contributed by atoms with Crippen molar-refractivity contribution in [2.75, 3.05) is 13.2 Å². The minimum Gasteiger partial charge on any atom is -0.481 e. The molecule has 8 rings (SSSR count). The van der Waals surface area contributed by atoms with Crippen LogP contribution in [0.2, 0.25) is 0 Å². The van der Waals surface area contributed by atoms with Crippen molar-refractivity contribution in [3.8, 4) is 0 Å². The Hall–Kier alpha value is -2.25. The average molecular weight is 487 g/mol. The molecule has 8 saturated carbocycles. The average Bonchev–Trinajstić information content (AvgIpc) is 2.81. The number of aliphatic carboxylic acids is 1. The quantitative estimate of drug-likeness (QED) is 0.545. The van der Waals surface area contributed by atoms with Crippen LogP contribution in [0.25, 0.3) is 0 Å². The summed E-state index contributed by atoms with van der Waals surface area (Å²) in [5.74, 6) is -1.06. The number of ketones is 2. The monoisotopic (exact) mass is 486 g/mol. The first-order valence-corrected chi connectivity index (χ1v) is 13.2. The zero-order valence-electron chi connectivity index (χ0n) is 20.3. The molecular weight excluding hydrogens is 452 g/mol. The van der Waals surface area contributed by atoms with E-state index < -0.39 is 34.2 Å². The number of carbonyl (C=O) groups excluding carboxylic acids is 4. The lowest BCUT2D eigenvalue weighted by Gasteiger charge is -2.54. The molecule has 8 bridgehead atoms. The Morgan fingerprint density at radius 1 is 0.743 bits per heavy atom. The molecule has 0 saturated heterocycles. The number of hydrogen-bond acceptors (Lipinski definition) is 7. The van der Waals surface area contributed by atoms with Crippen LogP contribution in [0.5, 0.6) is 0 Å². The van der Waals surface area contributed by atoms with E-state index in [1.165, 1.54) is 6.92 Å². The molecule has 8 aliphatic carbocycles. The van der Waals surface area contributed by atoms with E-state index in [1.807, 2.05) is 0 Å². The van der Waals surface area contributed by atoms with E-state index in [0.717, 1.165) is 25.7 Å². The van der Waals surface area contributed by atoms with Crippen LogP contribution in [-0.4, -0.2) is 47.8 Å². The second-order valence-corrected chi connectivity index (χ2v) is 13.1. The Morgan fingerprint density at radius 2 is 1.09 bits per heavy atom. The summed E-state index contributed by atoms with van der Waals surface area (Å²) in [6.45, 7) is 0.662. The lowest BCUT2D eigenvalue weighted by Crippen LogP contribution is -2.56. The lowest BCUT2D eigenvalue weighted by atomic mass is 9.49. The third-order valence-electron chi connectivity index (χ3n) is 10.4. The van der Waals surface area contributed by atoms with E-state index in [2.05, 4.69) is 0 Å². The van der Waals surface area contributed by atoms with Gasteiger partial charge in [-0.15, -0.1) is 0 Å². The van der Waals surface area contributed by atoms with Crippen LogP contribution >= 0.6 is 0 Å². The van der Waals surface area contributed by atoms with Crippen LogP contribution in [0.3, 0.4) is 0 Å². The molecule has 8 heteroatoms. The van der Waals surface area contributed by atoms with Gasteiger partial charge in [0.25, 0.3) is 0 Å². The molecule has 4 atom stereocenters. The first-order chi connectivity index (χ1) is 16.5. The number of esters is 2. The van der Waals surface area contributed by atoms with Crippen LogP contribution in [0.1, 0.15) is 71.1 Å². The highest BCUT2D eigenvalue weighted by Crippen LogP contribution is 2.60. The van der Waals surface area contributed by atoms with Crippen LogP contribution < -0.4 is 0 Å². The summed E-state index contributed by atoms with van der Waals surface area (Å²) in [5, 5.41) is 9.92. The Morgan fingerprint density at radius 3 is 1.40 bits per heavy atom. The smallest absolute Gasteiger partial charge is 0.316 e. The molecule has 8 aliphatic rings. The van der Waals surface area contributed by atoms with Gasteiger partial charge in [0, 0.05) is 23.7 Å². The molecule has 190 valence electrons. The van der Waals surface area contributed by atoms with Gasteiger partial charge in [0.1, 0.15) is 30.2 Å². The van der Waals surface area contributed by atoms with Gasteiger partial charge in [-0.1, -0.05) is 0 Å². The van der Waals surface area contributed by atoms with E-state index in [-0.39, 0.29) is 48.5 Å². The first kappa shape index (κ1) is 23.2. The predicted molar refractivity (Wildman–Crippen MR) is 120 cm³/mol. The largest absolute Gasteiger partial charge is 0.481 e. The number of rotatable bonds is 7. The molecule has 0 radical (unpaired) electrons. The van der Waals surface area contributed by atoms with Crippen molar-refractivity contribution in [1.29, 1.82) is 0 Å². The van der Waals surface area contributed by atoms with Crippen molar-refractivity contribution < 1.29 is 38.6 Å². The molecule has 35 heavy (non-hydrogen) atoms. The Bertz CT molecular complexity index is 907. The van der Waals surface area contributed by atoms with Gasteiger partial charge < -0.3 is 14.6 Å². The molecule has 0 aromatic rings. The zero-order chi connectivity index (χ0) is 24.8. The van der Waals surface area contributed by atoms with Crippen molar-refractivity contribution in [1.82, 2.24) is 0 Å². The molecule has 0 heterocycles. The molecule has 0 aromatic carbocycles. The number of Topliss-reactive ketones (excluding diaryl/α,β-unsaturated/α-hetero) is 2. The van der Waals surface area contributed by atoms with Gasteiger partial charge in [-0.2, -0.15) is 0 Å². The predicted octanol–water partition coefficient (Wildman–Crippen LogP) is 2.95. The number of carbonyl (C=O) groups is 5. The standard InChI is InChI=1S/C27H34O8/c1-25(22(30)31,12-34-23(32)26-6-14-2-16(8-26)20(28)17(3-14)9-26)13-35-24(33)27-7-15-4-18(10-27)21(29)19(5-15)11-27/h14-19H,2-13H2,1H3,(H,30,31). The molecule has 1 N–H and O–H groups in total. The minimum absolute atomic E-state index is 0.0761. The molecule has 4 unspecified atom stereocenters. The van der Waals surface area contributed by atoms with Gasteiger partial charge in [0.05, 0.1) is 10.8 Å². The topological polar surface area (TPSA) is 124 Å². The normalized spacial score (nSPS) is 44.3. The fraction of sp³-hybridized carbons (Fsp3) is 0.815. The van der Waals surface area contributed by atoms with Crippen LogP contribution in [0.15, 0.2) is 0 Å². The molecule has 8 fully saturated rings. The van der Waals surface area contributed by atoms with E-state index >= 15 is 0 Å². The van der Waals surface area contributed by atoms with Gasteiger partial charge in [0.2, 0.25) is 0 Å². The lowest BCUT2D eigenvalue weighted by molar-refractivity contribution is -0.185. The summed E-state index contributed by atoms with van der Waals surface area (Å²) in [5.41, 5.74) is -2.94. The van der Waals surface area contributed by atoms with E-state index in [4.69, 9.17) is 9.47 Å². The van der Waals surface area contributed by atoms with Gasteiger partial charge in [-0.3, -0.25) is 24.0 Å². The van der Waals surface area contributed by atoms with Gasteiger partial charge in [0.15, 0.2) is 0 Å². The highest BCUT2D eigenvalue weighted by atomic mass is 16.6. The fourth-order valence-electron chi connectivity index (χ4n) is 8.92. The second-order valence-electron chi connectivity index (χ2n) is 13.1. The summed E-state index contributed by atoms with van der Waals surface area (Å²) in [4.78, 5) is 63.5. The third-order valence-corrected chi connectivity index (χ3v) is 10.4. The summed E-state index contributed by atoms with van der Waals surface area (Å²) in [6, 6.07) is 0. The molecular formula is C27H34O8. The number of carboxylic acid groups (broad SMARTS) is 1. The Kier molecular flexibility index (Phi) is 5.05. The summed E-state index contributed by atoms with van der Waals surface area (Å²) >= 11 is 0. The summed E-state index contributed by atoms with van der Waals surface area (Å²) in [6.07, 6.45) is 6.81. The highest BCUT2D eigenvalue weighted by Gasteiger charge is 2.60. The van der Waals surface area contributed by atoms with E-state index in [1.54, 1.807) is 0 Å². The summed E-state index contributed by atoms with van der Waals surface area (Å²) < 4.78 is 11.2. The first-order valence-electron chi connectivity index (χ1n) is 13.2. The van der Waals surface area contributed by atoms with Crippen molar-refractivity contribution >= 4 is 29.5 Å². The SMILES string of the molecule is CC(COC(=O)C12CC3CC(C1)C(=O)C(C3)C2)(COC(=O)C12CC3CC(C1)C(=O)C(C3)C2)C(=O)O. The maximum atomic E-state index is 13.2. The van der Waals surface area contributed by atoms with E-state index in [9.17, 15) is 29.1 Å². The number of hydrogen-bond donors (Lipinski definition) is 1. The number of carboxylic acids is 1. The minimum atomic E-state index is -1.57. The van der Waals surface area contributed by atoms with Crippen LogP contribution in [0, 0.1) is 51.8 Å². The molecule has 0 spiro atoms. The highest BCUT2D eigenvalue weighted by molar-refractivity contribution is 5.91. The summed E-state index contributed by atoms with van der Waals surface area (Å²) in [7, 11) is 0. The van der Waals surface area contributed by atoms with E-state index in [0.29, 0.717) is 50.4 Å². The fourth-order valence-corrected chi connectivity index (χ4v) is 8.92. The van der Waals surface area contributed by atoms with Crippen LogP contribution in [0.4, 0.5) is 0 Å². The molecule has 0 amide bonds. The molecule has 0 aromatic heterocycles. The Balaban J connectivity index is 1.10. The van der Waals surface area contributed by atoms with Crippen LogP contribution in [-0.2, 0) is 33.4 Å². The zero-order valence-corrected chi connectivity index (χ0v) is 20.3. The number of ether oxygens (including phenoxy) is 2. The van der Waals surface area contributed by atoms with Crippen molar-refractivity contribution in [2.45, 2.75) is 71.1 Å². The molecule has 8 nitrogen and oxygen atoms in total. The maximum absolute atomic E-state index is 13.2. The second kappa shape index (κ2) is 7.62. The van der Waals surface area contributed by atoms with Crippen molar-refractivity contribution in [3.63, 3.8) is 0 Å². The van der Waals surface area contributed by atoms with Gasteiger partial charge in [-0.25, -0.2) is 0 Å². The maximum Gasteiger partial charge on any atom is 0.316 e.